The van der Waals surface area contributed by atoms with Crippen LogP contribution in [-0.4, -0.2) is 55.5 Å². The maximum atomic E-state index is 12.3. The van der Waals surface area contributed by atoms with Crippen LogP contribution in [-0.2, 0) is 17.9 Å². The summed E-state index contributed by atoms with van der Waals surface area (Å²) in [4.78, 5) is 20.2. The molecule has 134 valence electrons. The van der Waals surface area contributed by atoms with Gasteiger partial charge in [-0.15, -0.1) is 10.2 Å². The highest BCUT2D eigenvalue weighted by atomic mass is 16.5. The van der Waals surface area contributed by atoms with E-state index < -0.39 is 0 Å². The van der Waals surface area contributed by atoms with Gasteiger partial charge < -0.3 is 19.7 Å². The third-order valence-electron chi connectivity index (χ3n) is 4.51. The summed E-state index contributed by atoms with van der Waals surface area (Å²) in [5.74, 6) is 1.43. The minimum Gasteiger partial charge on any atom is -0.388 e. The van der Waals surface area contributed by atoms with Crippen LogP contribution in [0.2, 0.25) is 0 Å². The minimum absolute atomic E-state index is 0.0854. The molecule has 0 radical (unpaired) electrons. The van der Waals surface area contributed by atoms with E-state index in [4.69, 9.17) is 4.74 Å². The minimum atomic E-state index is -0.156. The standard InChI is InChI=1S/C16H22N6O3/c1-10-13(7-17-9-18-10)16(24)19-12-5-11(6-12)15-21-20-14(8-23)22(15)3-4-25-2/h7,9,11-12,23H,3-6,8H2,1-2H3,(H,19,24). The molecule has 0 atom stereocenters. The van der Waals surface area contributed by atoms with E-state index in [2.05, 4.69) is 25.5 Å². The van der Waals surface area contributed by atoms with Crippen LogP contribution in [0.3, 0.4) is 0 Å². The summed E-state index contributed by atoms with van der Waals surface area (Å²) in [6, 6.07) is 0.0854. The van der Waals surface area contributed by atoms with Gasteiger partial charge >= 0.3 is 0 Å². The lowest BCUT2D eigenvalue weighted by molar-refractivity contribution is 0.0904. The van der Waals surface area contributed by atoms with E-state index in [9.17, 15) is 9.90 Å². The molecule has 9 heteroatoms. The van der Waals surface area contributed by atoms with Crippen molar-refractivity contribution in [3.63, 3.8) is 0 Å². The summed E-state index contributed by atoms with van der Waals surface area (Å²) in [7, 11) is 1.63. The monoisotopic (exact) mass is 346 g/mol. The van der Waals surface area contributed by atoms with E-state index in [-0.39, 0.29) is 24.5 Å². The van der Waals surface area contributed by atoms with Gasteiger partial charge in [0.15, 0.2) is 5.82 Å². The van der Waals surface area contributed by atoms with E-state index in [1.165, 1.54) is 12.5 Å². The fraction of sp³-hybridized carbons (Fsp3) is 0.562. The van der Waals surface area contributed by atoms with Crippen LogP contribution in [0.4, 0.5) is 0 Å². The molecule has 0 bridgehead atoms. The Kier molecular flexibility index (Phi) is 5.34. The summed E-state index contributed by atoms with van der Waals surface area (Å²) in [6.07, 6.45) is 4.53. The Hall–Kier alpha value is -2.39. The first-order valence-corrected chi connectivity index (χ1v) is 8.23. The SMILES string of the molecule is COCCn1c(CO)nnc1C1CC(NC(=O)c2cncnc2C)C1. The molecule has 2 aromatic heterocycles. The molecule has 1 amide bonds. The highest BCUT2D eigenvalue weighted by molar-refractivity contribution is 5.95. The number of rotatable bonds is 7. The lowest BCUT2D eigenvalue weighted by atomic mass is 9.79. The highest BCUT2D eigenvalue weighted by Gasteiger charge is 2.35. The maximum Gasteiger partial charge on any atom is 0.254 e. The molecule has 0 saturated heterocycles. The number of aliphatic hydroxyl groups excluding tert-OH is 1. The van der Waals surface area contributed by atoms with Crippen LogP contribution >= 0.6 is 0 Å². The number of nitrogens with zero attached hydrogens (tertiary/aromatic N) is 5. The Labute approximate surface area is 145 Å². The number of aryl methyl sites for hydroxylation is 1. The summed E-state index contributed by atoms with van der Waals surface area (Å²) >= 11 is 0. The van der Waals surface area contributed by atoms with E-state index >= 15 is 0 Å². The molecule has 2 aromatic rings. The number of nitrogens with one attached hydrogen (secondary N) is 1. The summed E-state index contributed by atoms with van der Waals surface area (Å²) in [5, 5.41) is 20.7. The second-order valence-corrected chi connectivity index (χ2v) is 6.14. The normalized spacial score (nSPS) is 19.5. The molecule has 0 aromatic carbocycles. The first-order valence-electron chi connectivity index (χ1n) is 8.23. The average molecular weight is 346 g/mol. The van der Waals surface area contributed by atoms with Crippen LogP contribution in [0.15, 0.2) is 12.5 Å². The maximum absolute atomic E-state index is 12.3. The molecule has 3 rings (SSSR count). The lowest BCUT2D eigenvalue weighted by Gasteiger charge is -2.35. The molecular weight excluding hydrogens is 324 g/mol. The molecule has 0 unspecified atom stereocenters. The lowest BCUT2D eigenvalue weighted by Crippen LogP contribution is -2.44. The Morgan fingerprint density at radius 1 is 1.44 bits per heavy atom. The molecule has 0 spiro atoms. The molecule has 1 fully saturated rings. The molecular formula is C16H22N6O3. The van der Waals surface area contributed by atoms with Crippen molar-refractivity contribution in [1.82, 2.24) is 30.0 Å². The number of aliphatic hydroxyl groups is 1. The number of ether oxygens (including phenoxy) is 1. The summed E-state index contributed by atoms with van der Waals surface area (Å²) in [5.41, 5.74) is 1.16. The molecule has 2 heterocycles. The van der Waals surface area contributed by atoms with Crippen LogP contribution in [0.5, 0.6) is 0 Å². The van der Waals surface area contributed by atoms with Gasteiger partial charge in [-0.1, -0.05) is 0 Å². The molecule has 25 heavy (non-hydrogen) atoms. The van der Waals surface area contributed by atoms with Crippen LogP contribution in [0.1, 0.15) is 46.5 Å². The van der Waals surface area contributed by atoms with Gasteiger partial charge in [0.05, 0.1) is 17.9 Å². The number of methoxy groups -OCH3 is 1. The Morgan fingerprint density at radius 2 is 2.24 bits per heavy atom. The zero-order chi connectivity index (χ0) is 17.8. The Balaban J connectivity index is 1.60. The smallest absolute Gasteiger partial charge is 0.254 e. The molecule has 1 saturated carbocycles. The number of hydrogen-bond donors (Lipinski definition) is 2. The van der Waals surface area contributed by atoms with Crippen molar-refractivity contribution in [1.29, 1.82) is 0 Å². The first-order chi connectivity index (χ1) is 12.1. The fourth-order valence-corrected chi connectivity index (χ4v) is 3.02. The van der Waals surface area contributed by atoms with Crippen molar-refractivity contribution in [2.45, 2.75) is 44.9 Å². The van der Waals surface area contributed by atoms with Crippen molar-refractivity contribution < 1.29 is 14.6 Å². The molecule has 1 aliphatic carbocycles. The number of carbonyl (C=O) groups is 1. The van der Waals surface area contributed by atoms with Gasteiger partial charge in [0.1, 0.15) is 18.8 Å². The van der Waals surface area contributed by atoms with Gasteiger partial charge in [-0.2, -0.15) is 0 Å². The number of aromatic nitrogens is 5. The Morgan fingerprint density at radius 3 is 2.92 bits per heavy atom. The second-order valence-electron chi connectivity index (χ2n) is 6.14. The van der Waals surface area contributed by atoms with Crippen LogP contribution in [0, 0.1) is 6.92 Å². The third kappa shape index (κ3) is 3.67. The average Bonchev–Trinajstić information content (AvgIpc) is 2.98. The molecule has 1 aliphatic rings. The van der Waals surface area contributed by atoms with Gasteiger partial charge in [0.2, 0.25) is 0 Å². The third-order valence-corrected chi connectivity index (χ3v) is 4.51. The van der Waals surface area contributed by atoms with Crippen molar-refractivity contribution in [2.24, 2.45) is 0 Å². The van der Waals surface area contributed by atoms with Gasteiger partial charge in [0, 0.05) is 31.8 Å². The van der Waals surface area contributed by atoms with Crippen molar-refractivity contribution in [3.05, 3.63) is 35.4 Å². The summed E-state index contributed by atoms with van der Waals surface area (Å²) in [6.45, 7) is 2.76. The molecule has 9 nitrogen and oxygen atoms in total. The van der Waals surface area contributed by atoms with E-state index in [0.29, 0.717) is 30.2 Å². The van der Waals surface area contributed by atoms with Gasteiger partial charge in [-0.25, -0.2) is 9.97 Å². The van der Waals surface area contributed by atoms with E-state index in [1.807, 2.05) is 4.57 Å². The van der Waals surface area contributed by atoms with Gasteiger partial charge in [-0.3, -0.25) is 4.79 Å². The van der Waals surface area contributed by atoms with Gasteiger partial charge in [-0.05, 0) is 19.8 Å². The highest BCUT2D eigenvalue weighted by Crippen LogP contribution is 2.36. The summed E-state index contributed by atoms with van der Waals surface area (Å²) < 4.78 is 7.01. The van der Waals surface area contributed by atoms with Crippen molar-refractivity contribution in [3.8, 4) is 0 Å². The quantitative estimate of drug-likeness (QED) is 0.735. The van der Waals surface area contributed by atoms with Crippen LogP contribution in [0.25, 0.3) is 0 Å². The zero-order valence-corrected chi connectivity index (χ0v) is 14.3. The Bertz CT molecular complexity index is 741. The molecule has 2 N–H and O–H groups in total. The largest absolute Gasteiger partial charge is 0.388 e. The predicted molar refractivity (Wildman–Crippen MR) is 87.8 cm³/mol. The fourth-order valence-electron chi connectivity index (χ4n) is 3.02. The zero-order valence-electron chi connectivity index (χ0n) is 14.3. The molecule has 0 aliphatic heterocycles. The van der Waals surface area contributed by atoms with Crippen molar-refractivity contribution in [2.75, 3.05) is 13.7 Å². The number of hydrogen-bond acceptors (Lipinski definition) is 7. The van der Waals surface area contributed by atoms with Crippen LogP contribution < -0.4 is 5.32 Å². The van der Waals surface area contributed by atoms with Crippen molar-refractivity contribution >= 4 is 5.91 Å². The first kappa shape index (κ1) is 17.4. The van der Waals surface area contributed by atoms with E-state index in [0.717, 1.165) is 18.7 Å². The van der Waals surface area contributed by atoms with E-state index in [1.54, 1.807) is 14.0 Å². The second kappa shape index (κ2) is 7.66. The number of amides is 1. The van der Waals surface area contributed by atoms with Gasteiger partial charge in [0.25, 0.3) is 5.91 Å². The predicted octanol–water partition coefficient (Wildman–Crippen LogP) is 0.191. The number of carbonyl (C=O) groups excluding carboxylic acids is 1. The topological polar surface area (TPSA) is 115 Å².